The first-order valence-corrected chi connectivity index (χ1v) is 11.1. The molecule has 2 aromatic carbocycles. The molecule has 1 atom stereocenters. The molecule has 1 unspecified atom stereocenters. The van der Waals surface area contributed by atoms with Crippen molar-refractivity contribution >= 4 is 12.4 Å². The molecular weight excluding hydrogens is 446 g/mol. The average Bonchev–Trinajstić information content (AvgIpc) is 2.81. The molecule has 0 saturated carbocycles. The Labute approximate surface area is 203 Å². The third-order valence-corrected chi connectivity index (χ3v) is 5.28. The van der Waals surface area contributed by atoms with E-state index in [9.17, 15) is 5.11 Å². The largest absolute Gasteiger partial charge is 0.497 e. The van der Waals surface area contributed by atoms with Gasteiger partial charge in [0.15, 0.2) is 0 Å². The number of aliphatic hydroxyl groups excluding tert-OH is 3. The molecule has 0 aliphatic heterocycles. The van der Waals surface area contributed by atoms with E-state index in [1.165, 1.54) is 5.56 Å². The van der Waals surface area contributed by atoms with Crippen molar-refractivity contribution < 1.29 is 29.5 Å². The van der Waals surface area contributed by atoms with Gasteiger partial charge in [0.2, 0.25) is 0 Å². The molecule has 186 valence electrons. The van der Waals surface area contributed by atoms with Gasteiger partial charge in [-0.3, -0.25) is 4.90 Å². The van der Waals surface area contributed by atoms with Crippen molar-refractivity contribution in [3.63, 3.8) is 0 Å². The minimum absolute atomic E-state index is 0. The standard InChI is InChI=1S/C25H37NO6.ClH/c1-30-23-15-20(16-24(17-23)31-2)7-3-4-8-21-9-5-6-10-25(21)32-19-22(29)18-26(11-13-27)12-14-28;/h5-6,9-10,15-17,22,27-29H,3-4,7-8,11-14,18-19H2,1-2H3;1H. The summed E-state index contributed by atoms with van der Waals surface area (Å²) in [5.74, 6) is 2.38. The minimum atomic E-state index is -0.704. The molecule has 0 radical (unpaired) electrons. The van der Waals surface area contributed by atoms with E-state index in [1.807, 2.05) is 41.3 Å². The van der Waals surface area contributed by atoms with Crippen LogP contribution in [0.1, 0.15) is 24.0 Å². The minimum Gasteiger partial charge on any atom is -0.497 e. The van der Waals surface area contributed by atoms with Gasteiger partial charge in [0.25, 0.3) is 0 Å². The Bertz CT molecular complexity index is 763. The van der Waals surface area contributed by atoms with E-state index in [-0.39, 0.29) is 32.2 Å². The van der Waals surface area contributed by atoms with Crippen LogP contribution in [0.25, 0.3) is 0 Å². The number of aryl methyl sites for hydroxylation is 2. The number of unbranched alkanes of at least 4 members (excludes halogenated alkanes) is 1. The molecule has 33 heavy (non-hydrogen) atoms. The van der Waals surface area contributed by atoms with Gasteiger partial charge in [-0.25, -0.2) is 0 Å². The van der Waals surface area contributed by atoms with Crippen molar-refractivity contribution in [1.82, 2.24) is 4.90 Å². The van der Waals surface area contributed by atoms with E-state index in [0.717, 1.165) is 48.5 Å². The number of benzene rings is 2. The second kappa shape index (κ2) is 16.6. The molecule has 0 amide bonds. The molecule has 0 fully saturated rings. The number of para-hydroxylation sites is 1. The summed E-state index contributed by atoms with van der Waals surface area (Å²) in [6.07, 6.45) is 3.13. The molecule has 0 spiro atoms. The lowest BCUT2D eigenvalue weighted by atomic mass is 10.0. The Kier molecular flexibility index (Phi) is 14.6. The molecule has 7 nitrogen and oxygen atoms in total. The zero-order valence-electron chi connectivity index (χ0n) is 19.6. The fraction of sp³-hybridized carbons (Fsp3) is 0.520. The first-order chi connectivity index (χ1) is 15.6. The van der Waals surface area contributed by atoms with Gasteiger partial charge < -0.3 is 29.5 Å². The summed E-state index contributed by atoms with van der Waals surface area (Å²) in [6.45, 7) is 1.29. The summed E-state index contributed by atoms with van der Waals surface area (Å²) < 4.78 is 16.6. The predicted molar refractivity (Wildman–Crippen MR) is 132 cm³/mol. The number of hydrogen-bond donors (Lipinski definition) is 3. The maximum atomic E-state index is 10.3. The summed E-state index contributed by atoms with van der Waals surface area (Å²) >= 11 is 0. The fourth-order valence-corrected chi connectivity index (χ4v) is 3.62. The second-order valence-electron chi connectivity index (χ2n) is 7.75. The van der Waals surface area contributed by atoms with Gasteiger partial charge in [0.05, 0.1) is 27.4 Å². The van der Waals surface area contributed by atoms with Gasteiger partial charge in [-0.2, -0.15) is 0 Å². The number of ether oxygens (including phenoxy) is 3. The normalized spacial score (nSPS) is 11.7. The second-order valence-corrected chi connectivity index (χ2v) is 7.75. The number of rotatable bonds is 16. The van der Waals surface area contributed by atoms with Gasteiger partial charge in [0, 0.05) is 25.7 Å². The molecule has 0 aliphatic rings. The fourth-order valence-electron chi connectivity index (χ4n) is 3.62. The Morgan fingerprint density at radius 2 is 1.48 bits per heavy atom. The SMILES string of the molecule is COc1cc(CCCCc2ccccc2OCC(O)CN(CCO)CCO)cc(OC)c1.Cl. The van der Waals surface area contributed by atoms with Crippen LogP contribution < -0.4 is 14.2 Å². The van der Waals surface area contributed by atoms with Crippen LogP contribution in [0.2, 0.25) is 0 Å². The lowest BCUT2D eigenvalue weighted by molar-refractivity contribution is 0.0549. The summed E-state index contributed by atoms with van der Waals surface area (Å²) in [4.78, 5) is 1.81. The van der Waals surface area contributed by atoms with E-state index in [1.54, 1.807) is 14.2 Å². The Balaban J connectivity index is 0.00000544. The summed E-state index contributed by atoms with van der Waals surface area (Å²) in [5, 5.41) is 28.5. The predicted octanol–water partition coefficient (Wildman–Crippen LogP) is 2.72. The van der Waals surface area contributed by atoms with E-state index in [2.05, 4.69) is 6.07 Å². The summed E-state index contributed by atoms with van der Waals surface area (Å²) in [7, 11) is 3.31. The van der Waals surface area contributed by atoms with Crippen molar-refractivity contribution in [2.45, 2.75) is 31.8 Å². The zero-order chi connectivity index (χ0) is 23.2. The topological polar surface area (TPSA) is 91.6 Å². The molecule has 3 N–H and O–H groups in total. The molecule has 8 heteroatoms. The third kappa shape index (κ3) is 10.6. The van der Waals surface area contributed by atoms with Crippen LogP contribution in [0, 0.1) is 0 Å². The highest BCUT2D eigenvalue weighted by atomic mass is 35.5. The smallest absolute Gasteiger partial charge is 0.122 e. The maximum Gasteiger partial charge on any atom is 0.122 e. The van der Waals surface area contributed by atoms with Gasteiger partial charge in [-0.15, -0.1) is 12.4 Å². The monoisotopic (exact) mass is 483 g/mol. The molecule has 0 heterocycles. The third-order valence-electron chi connectivity index (χ3n) is 5.28. The summed E-state index contributed by atoms with van der Waals surface area (Å²) in [5.41, 5.74) is 2.30. The highest BCUT2D eigenvalue weighted by molar-refractivity contribution is 5.85. The Morgan fingerprint density at radius 3 is 2.09 bits per heavy atom. The molecule has 0 bridgehead atoms. The van der Waals surface area contributed by atoms with Gasteiger partial charge in [0.1, 0.15) is 30.0 Å². The van der Waals surface area contributed by atoms with Crippen LogP contribution in [0.3, 0.4) is 0 Å². The number of hydrogen-bond acceptors (Lipinski definition) is 7. The Hall–Kier alpha value is -2.03. The lowest BCUT2D eigenvalue weighted by Gasteiger charge is -2.23. The number of nitrogens with zero attached hydrogens (tertiary/aromatic N) is 1. The summed E-state index contributed by atoms with van der Waals surface area (Å²) in [6, 6.07) is 13.9. The van der Waals surface area contributed by atoms with Crippen LogP contribution in [-0.4, -0.2) is 80.0 Å². The first-order valence-electron chi connectivity index (χ1n) is 11.1. The van der Waals surface area contributed by atoms with E-state index < -0.39 is 6.10 Å². The number of aliphatic hydroxyl groups is 3. The van der Waals surface area contributed by atoms with E-state index >= 15 is 0 Å². The van der Waals surface area contributed by atoms with Crippen molar-refractivity contribution in [3.05, 3.63) is 53.6 Å². The highest BCUT2D eigenvalue weighted by Gasteiger charge is 2.13. The molecule has 2 aromatic rings. The van der Waals surface area contributed by atoms with Gasteiger partial charge in [-0.05, 0) is 55.0 Å². The van der Waals surface area contributed by atoms with Crippen LogP contribution in [-0.2, 0) is 12.8 Å². The van der Waals surface area contributed by atoms with Crippen molar-refractivity contribution in [2.75, 3.05) is 53.7 Å². The van der Waals surface area contributed by atoms with Crippen molar-refractivity contribution in [1.29, 1.82) is 0 Å². The maximum absolute atomic E-state index is 10.3. The molecule has 2 rings (SSSR count). The Morgan fingerprint density at radius 1 is 0.879 bits per heavy atom. The number of halogens is 1. The molecule has 0 saturated heterocycles. The van der Waals surface area contributed by atoms with Crippen LogP contribution >= 0.6 is 12.4 Å². The first kappa shape index (κ1) is 29.0. The molecule has 0 aromatic heterocycles. The van der Waals surface area contributed by atoms with Crippen molar-refractivity contribution in [3.8, 4) is 17.2 Å². The highest BCUT2D eigenvalue weighted by Crippen LogP contribution is 2.25. The van der Waals surface area contributed by atoms with Gasteiger partial charge >= 0.3 is 0 Å². The lowest BCUT2D eigenvalue weighted by Crippen LogP contribution is -2.38. The molecular formula is C25H38ClNO6. The average molecular weight is 484 g/mol. The van der Waals surface area contributed by atoms with Crippen molar-refractivity contribution in [2.24, 2.45) is 0 Å². The van der Waals surface area contributed by atoms with E-state index in [0.29, 0.717) is 19.6 Å². The van der Waals surface area contributed by atoms with Gasteiger partial charge in [-0.1, -0.05) is 18.2 Å². The van der Waals surface area contributed by atoms with E-state index in [4.69, 9.17) is 24.4 Å². The number of methoxy groups -OCH3 is 2. The quantitative estimate of drug-likeness (QED) is 0.316. The van der Waals surface area contributed by atoms with Crippen LogP contribution in [0.4, 0.5) is 0 Å². The van der Waals surface area contributed by atoms with Crippen LogP contribution in [0.5, 0.6) is 17.2 Å². The molecule has 0 aliphatic carbocycles. The van der Waals surface area contributed by atoms with Crippen LogP contribution in [0.15, 0.2) is 42.5 Å². The zero-order valence-corrected chi connectivity index (χ0v) is 20.4.